The van der Waals surface area contributed by atoms with Crippen LogP contribution in [0.2, 0.25) is 0 Å². The Bertz CT molecular complexity index is 390. The van der Waals surface area contributed by atoms with Crippen molar-refractivity contribution in [2.24, 2.45) is 5.92 Å². The molecule has 1 aliphatic carbocycles. The molecule has 1 aliphatic heterocycles. The Morgan fingerprint density at radius 2 is 1.67 bits per heavy atom. The molecule has 0 aromatic heterocycles. The van der Waals surface area contributed by atoms with Gasteiger partial charge in [-0.2, -0.15) is 0 Å². The molecule has 2 aliphatic rings. The summed E-state index contributed by atoms with van der Waals surface area (Å²) in [5.74, 6) is 1.00. The summed E-state index contributed by atoms with van der Waals surface area (Å²) in [5, 5.41) is 10.9. The zero-order valence-corrected chi connectivity index (χ0v) is 16.0. The first kappa shape index (κ1) is 19.7. The number of likely N-dealkylation sites (N-methyl/N-ethyl adjacent to an activating group) is 1. The molecule has 140 valence electrons. The van der Waals surface area contributed by atoms with Gasteiger partial charge in [0.15, 0.2) is 0 Å². The standard InChI is InChI=1S/C19H37N3O2/c1-4-22(5-2)18(23)15-20-11-6-12-21(14-13-20)16-19(24)9-7-17(3)8-10-19/h17,24H,4-16H2,1-3H3. The van der Waals surface area contributed by atoms with Crippen molar-refractivity contribution >= 4 is 5.91 Å². The first-order valence-corrected chi connectivity index (χ1v) is 9.90. The van der Waals surface area contributed by atoms with Crippen LogP contribution in [0.5, 0.6) is 0 Å². The molecule has 2 fully saturated rings. The molecule has 1 saturated heterocycles. The highest BCUT2D eigenvalue weighted by Gasteiger charge is 2.34. The summed E-state index contributed by atoms with van der Waals surface area (Å²) < 4.78 is 0. The lowest BCUT2D eigenvalue weighted by Gasteiger charge is -2.38. The molecular formula is C19H37N3O2. The molecule has 5 heteroatoms. The number of hydrogen-bond donors (Lipinski definition) is 1. The fraction of sp³-hybridized carbons (Fsp3) is 0.947. The van der Waals surface area contributed by atoms with E-state index in [0.29, 0.717) is 6.54 Å². The van der Waals surface area contributed by atoms with Gasteiger partial charge in [0.05, 0.1) is 12.1 Å². The average Bonchev–Trinajstić information content (AvgIpc) is 2.77. The number of carbonyl (C=O) groups excluding carboxylic acids is 1. The maximum absolute atomic E-state index is 12.3. The number of β-amino-alcohol motifs (C(OH)–C–C–N with tert-alkyl or cyclic N) is 1. The molecule has 1 heterocycles. The van der Waals surface area contributed by atoms with Crippen LogP contribution in [0.15, 0.2) is 0 Å². The summed E-state index contributed by atoms with van der Waals surface area (Å²) >= 11 is 0. The van der Waals surface area contributed by atoms with E-state index in [2.05, 4.69) is 16.7 Å². The predicted octanol–water partition coefficient (Wildman–Crippen LogP) is 1.80. The molecular weight excluding hydrogens is 302 g/mol. The largest absolute Gasteiger partial charge is 0.389 e. The number of rotatable bonds is 6. The Morgan fingerprint density at radius 3 is 2.29 bits per heavy atom. The molecule has 0 radical (unpaired) electrons. The minimum absolute atomic E-state index is 0.244. The molecule has 2 rings (SSSR count). The molecule has 0 bridgehead atoms. The monoisotopic (exact) mass is 339 g/mol. The van der Waals surface area contributed by atoms with Crippen molar-refractivity contribution in [3.63, 3.8) is 0 Å². The van der Waals surface area contributed by atoms with Crippen LogP contribution in [0.25, 0.3) is 0 Å². The molecule has 24 heavy (non-hydrogen) atoms. The molecule has 0 aromatic rings. The van der Waals surface area contributed by atoms with E-state index < -0.39 is 5.60 Å². The zero-order chi connectivity index (χ0) is 17.6. The highest BCUT2D eigenvalue weighted by atomic mass is 16.3. The van der Waals surface area contributed by atoms with E-state index in [4.69, 9.17) is 0 Å². The topological polar surface area (TPSA) is 47.0 Å². The van der Waals surface area contributed by atoms with Crippen molar-refractivity contribution in [1.82, 2.24) is 14.7 Å². The van der Waals surface area contributed by atoms with E-state index in [-0.39, 0.29) is 5.91 Å². The van der Waals surface area contributed by atoms with Crippen LogP contribution >= 0.6 is 0 Å². The molecule has 0 spiro atoms. The molecule has 0 unspecified atom stereocenters. The fourth-order valence-electron chi connectivity index (χ4n) is 4.08. The van der Waals surface area contributed by atoms with Gasteiger partial charge in [-0.1, -0.05) is 6.92 Å². The minimum atomic E-state index is -0.487. The van der Waals surface area contributed by atoms with Gasteiger partial charge >= 0.3 is 0 Å². The van der Waals surface area contributed by atoms with Gasteiger partial charge in [0, 0.05) is 32.7 Å². The van der Waals surface area contributed by atoms with Gasteiger partial charge in [0.2, 0.25) is 5.91 Å². The van der Waals surface area contributed by atoms with Gasteiger partial charge in [-0.15, -0.1) is 0 Å². The van der Waals surface area contributed by atoms with E-state index in [1.807, 2.05) is 18.7 Å². The van der Waals surface area contributed by atoms with Crippen LogP contribution in [0, 0.1) is 5.92 Å². The SMILES string of the molecule is CCN(CC)C(=O)CN1CCCN(CC2(O)CCC(C)CC2)CC1. The maximum atomic E-state index is 12.3. The number of carbonyl (C=O) groups is 1. The zero-order valence-electron chi connectivity index (χ0n) is 16.0. The van der Waals surface area contributed by atoms with Gasteiger partial charge in [-0.3, -0.25) is 14.6 Å². The molecule has 1 saturated carbocycles. The van der Waals surface area contributed by atoms with E-state index >= 15 is 0 Å². The van der Waals surface area contributed by atoms with Gasteiger partial charge in [-0.25, -0.2) is 0 Å². The lowest BCUT2D eigenvalue weighted by molar-refractivity contribution is -0.132. The summed E-state index contributed by atoms with van der Waals surface area (Å²) in [7, 11) is 0. The Hall–Kier alpha value is -0.650. The molecule has 1 amide bonds. The molecule has 0 aromatic carbocycles. The maximum Gasteiger partial charge on any atom is 0.236 e. The van der Waals surface area contributed by atoms with E-state index in [1.165, 1.54) is 0 Å². The van der Waals surface area contributed by atoms with Crippen LogP contribution in [0.3, 0.4) is 0 Å². The van der Waals surface area contributed by atoms with Crippen molar-refractivity contribution in [3.05, 3.63) is 0 Å². The third-order valence-electron chi connectivity index (χ3n) is 5.88. The summed E-state index contributed by atoms with van der Waals surface area (Å²) in [4.78, 5) is 18.9. The van der Waals surface area contributed by atoms with Crippen LogP contribution in [0.4, 0.5) is 0 Å². The third-order valence-corrected chi connectivity index (χ3v) is 5.88. The van der Waals surface area contributed by atoms with Crippen molar-refractivity contribution < 1.29 is 9.90 Å². The van der Waals surface area contributed by atoms with Crippen molar-refractivity contribution in [2.45, 2.75) is 58.5 Å². The van der Waals surface area contributed by atoms with Gasteiger partial charge < -0.3 is 10.0 Å². The third kappa shape index (κ3) is 5.71. The lowest BCUT2D eigenvalue weighted by atomic mass is 9.79. The van der Waals surface area contributed by atoms with Crippen LogP contribution in [-0.2, 0) is 4.79 Å². The average molecular weight is 340 g/mol. The van der Waals surface area contributed by atoms with Crippen molar-refractivity contribution in [2.75, 3.05) is 52.4 Å². The summed E-state index contributed by atoms with van der Waals surface area (Å²) in [5.41, 5.74) is -0.487. The molecule has 0 atom stereocenters. The van der Waals surface area contributed by atoms with E-state index in [1.54, 1.807) is 0 Å². The second-order valence-corrected chi connectivity index (χ2v) is 7.88. The minimum Gasteiger partial charge on any atom is -0.389 e. The summed E-state index contributed by atoms with van der Waals surface area (Å²) in [6.45, 7) is 13.2. The smallest absolute Gasteiger partial charge is 0.236 e. The fourth-order valence-corrected chi connectivity index (χ4v) is 4.08. The number of hydrogen-bond acceptors (Lipinski definition) is 4. The normalized spacial score (nSPS) is 30.1. The van der Waals surface area contributed by atoms with E-state index in [0.717, 1.165) is 83.8 Å². The molecule has 5 nitrogen and oxygen atoms in total. The second kappa shape index (κ2) is 9.16. The first-order valence-electron chi connectivity index (χ1n) is 9.90. The van der Waals surface area contributed by atoms with Gasteiger partial charge in [-0.05, 0) is 65.0 Å². The summed E-state index contributed by atoms with van der Waals surface area (Å²) in [6.07, 6.45) is 5.26. The first-order chi connectivity index (χ1) is 11.5. The Labute approximate surface area is 148 Å². The lowest BCUT2D eigenvalue weighted by Crippen LogP contribution is -2.46. The number of aliphatic hydroxyl groups is 1. The number of amides is 1. The number of nitrogens with zero attached hydrogens (tertiary/aromatic N) is 3. The van der Waals surface area contributed by atoms with Gasteiger partial charge in [0.25, 0.3) is 0 Å². The van der Waals surface area contributed by atoms with Crippen LogP contribution in [-0.4, -0.2) is 83.7 Å². The predicted molar refractivity (Wildman–Crippen MR) is 98.0 cm³/mol. The van der Waals surface area contributed by atoms with Crippen LogP contribution < -0.4 is 0 Å². The highest BCUT2D eigenvalue weighted by Crippen LogP contribution is 2.32. The van der Waals surface area contributed by atoms with Crippen molar-refractivity contribution in [3.8, 4) is 0 Å². The van der Waals surface area contributed by atoms with Crippen LogP contribution in [0.1, 0.15) is 52.9 Å². The second-order valence-electron chi connectivity index (χ2n) is 7.88. The molecule has 1 N–H and O–H groups in total. The Balaban J connectivity index is 1.79. The quantitative estimate of drug-likeness (QED) is 0.802. The van der Waals surface area contributed by atoms with E-state index in [9.17, 15) is 9.90 Å². The highest BCUT2D eigenvalue weighted by molar-refractivity contribution is 5.78. The van der Waals surface area contributed by atoms with Crippen molar-refractivity contribution in [1.29, 1.82) is 0 Å². The summed E-state index contributed by atoms with van der Waals surface area (Å²) in [6, 6.07) is 0. The van der Waals surface area contributed by atoms with Gasteiger partial charge in [0.1, 0.15) is 0 Å². The Morgan fingerprint density at radius 1 is 1.08 bits per heavy atom. The Kier molecular flexibility index (Phi) is 7.51.